The Morgan fingerprint density at radius 1 is 1.17 bits per heavy atom. The highest BCUT2D eigenvalue weighted by Gasteiger charge is 2.23. The van der Waals surface area contributed by atoms with Crippen LogP contribution in [0.15, 0.2) is 35.5 Å². The van der Waals surface area contributed by atoms with E-state index in [1.165, 1.54) is 0 Å². The first kappa shape index (κ1) is 24.9. The number of thioether (sulfide) groups is 1. The van der Waals surface area contributed by atoms with Crippen LogP contribution < -0.4 is 26.6 Å². The van der Waals surface area contributed by atoms with Crippen molar-refractivity contribution in [1.29, 1.82) is 0 Å². The second kappa shape index (κ2) is 13.2. The fourth-order valence-corrected chi connectivity index (χ4v) is 3.12. The van der Waals surface area contributed by atoms with Crippen LogP contribution in [-0.4, -0.2) is 58.4 Å². The number of nitrogens with one attached hydrogen (secondary N) is 2. The van der Waals surface area contributed by atoms with Crippen molar-refractivity contribution in [2.45, 2.75) is 31.3 Å². The van der Waals surface area contributed by atoms with Crippen molar-refractivity contribution in [3.8, 4) is 0 Å². The molecule has 1 radical (unpaired) electrons. The summed E-state index contributed by atoms with van der Waals surface area (Å²) in [5, 5.41) is 38.3. The van der Waals surface area contributed by atoms with Crippen molar-refractivity contribution in [3.63, 3.8) is 0 Å². The topological polar surface area (TPSA) is 196 Å². The largest absolute Gasteiger partial charge is 0.548 e. The van der Waals surface area contributed by atoms with E-state index in [1.807, 2.05) is 30.3 Å². The van der Waals surface area contributed by atoms with E-state index >= 15 is 0 Å². The molecular weight excluding hydrogens is 416 g/mol. The van der Waals surface area contributed by atoms with Crippen LogP contribution >= 0.6 is 11.8 Å². The van der Waals surface area contributed by atoms with Gasteiger partial charge >= 0.3 is 0 Å². The number of rotatable bonds is 12. The van der Waals surface area contributed by atoms with Gasteiger partial charge in [0.05, 0.1) is 12.5 Å². The predicted molar refractivity (Wildman–Crippen MR) is 102 cm³/mol. The zero-order valence-corrected chi connectivity index (χ0v) is 16.7. The summed E-state index contributed by atoms with van der Waals surface area (Å²) in [6, 6.07) is 6.57. The fraction of sp³-hybridized carbons (Fsp3) is 0.389. The molecule has 1 rings (SSSR count). The Morgan fingerprint density at radius 3 is 2.40 bits per heavy atom. The molecule has 0 aliphatic rings. The smallest absolute Gasteiger partial charge is 0.243 e. The minimum Gasteiger partial charge on any atom is -0.548 e. The molecule has 0 saturated carbocycles. The van der Waals surface area contributed by atoms with Crippen molar-refractivity contribution in [3.05, 3.63) is 35.9 Å². The van der Waals surface area contributed by atoms with Gasteiger partial charge in [0.25, 0.3) is 0 Å². The Labute approximate surface area is 176 Å². The highest BCUT2D eigenvalue weighted by molar-refractivity contribution is 8.14. The number of nitrogens with two attached hydrogens (primary N) is 1. The maximum absolute atomic E-state index is 12.2. The SMILES string of the molecule is [NH2+]C(CCC(=O)NC(CS/C(Cc1ccccc1)=N\O)C(=O)NCC(=O)[O-])C(=O)[O-]. The van der Waals surface area contributed by atoms with E-state index in [2.05, 4.69) is 15.8 Å². The van der Waals surface area contributed by atoms with E-state index in [4.69, 9.17) is 5.73 Å². The average molecular weight is 438 g/mol. The summed E-state index contributed by atoms with van der Waals surface area (Å²) in [5.41, 5.74) is 6.14. The lowest BCUT2D eigenvalue weighted by molar-refractivity contribution is -0.438. The fourth-order valence-electron chi connectivity index (χ4n) is 2.20. The molecule has 0 heterocycles. The Balaban J connectivity index is 2.71. The second-order valence-corrected chi connectivity index (χ2v) is 7.23. The lowest BCUT2D eigenvalue weighted by atomic mass is 10.1. The minimum atomic E-state index is -1.51. The zero-order valence-electron chi connectivity index (χ0n) is 15.9. The van der Waals surface area contributed by atoms with Crippen molar-refractivity contribution in [2.24, 2.45) is 5.16 Å². The van der Waals surface area contributed by atoms with Crippen LogP contribution in [0.5, 0.6) is 0 Å². The first-order chi connectivity index (χ1) is 14.2. The molecule has 12 heteroatoms. The molecule has 0 aromatic heterocycles. The van der Waals surface area contributed by atoms with Gasteiger partial charge in [0.15, 0.2) is 6.04 Å². The lowest BCUT2D eigenvalue weighted by Gasteiger charge is -2.19. The third-order valence-electron chi connectivity index (χ3n) is 3.77. The van der Waals surface area contributed by atoms with Gasteiger partial charge in [-0.15, -0.1) is 11.8 Å². The van der Waals surface area contributed by atoms with E-state index in [0.717, 1.165) is 17.3 Å². The number of hydrogen-bond acceptors (Lipinski definition) is 10. The molecule has 0 bridgehead atoms. The Kier molecular flexibility index (Phi) is 10.9. The average Bonchev–Trinajstić information content (AvgIpc) is 2.72. The van der Waals surface area contributed by atoms with Gasteiger partial charge in [0.2, 0.25) is 11.8 Å². The molecule has 2 amide bonds. The van der Waals surface area contributed by atoms with Gasteiger partial charge in [-0.2, -0.15) is 5.73 Å². The normalized spacial score (nSPS) is 13.2. The molecule has 11 nitrogen and oxygen atoms in total. The van der Waals surface area contributed by atoms with Crippen LogP contribution in [-0.2, 0) is 25.6 Å². The maximum atomic E-state index is 12.2. The molecule has 1 aromatic rings. The van der Waals surface area contributed by atoms with Gasteiger partial charge in [-0.25, -0.2) is 0 Å². The molecule has 2 atom stereocenters. The number of amides is 2. The van der Waals surface area contributed by atoms with Crippen LogP contribution in [0.25, 0.3) is 0 Å². The summed E-state index contributed by atoms with van der Waals surface area (Å²) in [6.45, 7) is -0.754. The molecule has 0 saturated heterocycles. The van der Waals surface area contributed by atoms with E-state index < -0.39 is 42.4 Å². The highest BCUT2D eigenvalue weighted by Crippen LogP contribution is 2.13. The quantitative estimate of drug-likeness (QED) is 0.110. The second-order valence-electron chi connectivity index (χ2n) is 6.14. The van der Waals surface area contributed by atoms with Gasteiger partial charge in [-0.1, -0.05) is 35.5 Å². The number of carbonyl (C=O) groups excluding carboxylic acids is 4. The summed E-state index contributed by atoms with van der Waals surface area (Å²) in [7, 11) is 0. The van der Waals surface area contributed by atoms with Gasteiger partial charge in [-0.05, 0) is 5.56 Å². The van der Waals surface area contributed by atoms with Gasteiger partial charge < -0.3 is 35.6 Å². The van der Waals surface area contributed by atoms with Crippen molar-refractivity contribution in [1.82, 2.24) is 10.6 Å². The lowest BCUT2D eigenvalue weighted by Crippen LogP contribution is -2.68. The van der Waals surface area contributed by atoms with Crippen molar-refractivity contribution >= 4 is 40.6 Å². The molecule has 0 spiro atoms. The van der Waals surface area contributed by atoms with Gasteiger partial charge in [0.1, 0.15) is 17.1 Å². The molecule has 0 fully saturated rings. The standard InChI is InChI=1S/C18H24N4O7S/c19-12(18(27)28)6-7-14(23)21-13(17(26)20-9-16(24)25)10-30-15(22-29)8-11-4-2-1-3-5-11/h1-5,12-13,29H,6-10,19H2,(H,20,26)(H,21,23)(H,24,25)(H,27,28)/q+1/p-2/b22-15-. The molecule has 30 heavy (non-hydrogen) atoms. The number of oxime groups is 1. The zero-order chi connectivity index (χ0) is 22.5. The summed E-state index contributed by atoms with van der Waals surface area (Å²) in [4.78, 5) is 45.5. The van der Waals surface area contributed by atoms with Crippen LogP contribution in [0.2, 0.25) is 0 Å². The van der Waals surface area contributed by atoms with Crippen LogP contribution in [0, 0.1) is 0 Å². The third-order valence-corrected chi connectivity index (χ3v) is 4.83. The molecule has 2 unspecified atom stereocenters. The molecule has 163 valence electrons. The number of hydrogen-bond donors (Lipinski definition) is 4. The van der Waals surface area contributed by atoms with E-state index in [9.17, 15) is 34.6 Å². The number of aliphatic carboxylic acids is 2. The third kappa shape index (κ3) is 9.89. The highest BCUT2D eigenvalue weighted by atomic mass is 32.2. The van der Waals surface area contributed by atoms with E-state index in [1.54, 1.807) is 0 Å². The van der Waals surface area contributed by atoms with E-state index in [-0.39, 0.29) is 30.1 Å². The molecule has 0 aliphatic heterocycles. The van der Waals surface area contributed by atoms with Crippen LogP contribution in [0.1, 0.15) is 18.4 Å². The predicted octanol–water partition coefficient (Wildman–Crippen LogP) is -3.97. The van der Waals surface area contributed by atoms with Crippen LogP contribution in [0.3, 0.4) is 0 Å². The monoisotopic (exact) mass is 438 g/mol. The summed E-state index contributed by atoms with van der Waals surface area (Å²) < 4.78 is 0. The number of carbonyl (C=O) groups is 4. The first-order valence-electron chi connectivity index (χ1n) is 8.84. The molecule has 0 aliphatic carbocycles. The number of carboxylic acid groups (broad SMARTS) is 2. The van der Waals surface area contributed by atoms with Gasteiger partial charge in [-0.3, -0.25) is 9.59 Å². The Bertz CT molecular complexity index is 773. The van der Waals surface area contributed by atoms with Crippen molar-refractivity contribution < 1.29 is 40.3 Å². The molecular formula is C18H22N4O7S-. The molecule has 1 aromatic carbocycles. The minimum absolute atomic E-state index is 0.0661. The number of nitrogens with zero attached hydrogens (tertiary/aromatic N) is 1. The Morgan fingerprint density at radius 2 is 1.83 bits per heavy atom. The maximum Gasteiger partial charge on any atom is 0.243 e. The summed E-state index contributed by atoms with van der Waals surface area (Å²) in [5.74, 6) is -4.54. The van der Waals surface area contributed by atoms with Crippen molar-refractivity contribution in [2.75, 3.05) is 12.3 Å². The number of carboxylic acids is 2. The van der Waals surface area contributed by atoms with Crippen LogP contribution in [0.4, 0.5) is 0 Å². The summed E-state index contributed by atoms with van der Waals surface area (Å²) >= 11 is 0.991. The Hall–Kier alpha value is -3.12. The number of benzene rings is 1. The first-order valence-corrected chi connectivity index (χ1v) is 9.82. The van der Waals surface area contributed by atoms with E-state index in [0.29, 0.717) is 0 Å². The van der Waals surface area contributed by atoms with Gasteiger partial charge in [0, 0.05) is 25.0 Å². The summed E-state index contributed by atoms with van der Waals surface area (Å²) in [6.07, 6.45) is -0.203. The molecule has 5 N–H and O–H groups in total.